The molecule has 0 radical (unpaired) electrons. The fourth-order valence-corrected chi connectivity index (χ4v) is 5.56. The summed E-state index contributed by atoms with van der Waals surface area (Å²) in [7, 11) is 0. The SMILES string of the molecule is CC1CCC(N2NCC3C(N4CCCCC4)NCNC32)C(C)C1. The summed E-state index contributed by atoms with van der Waals surface area (Å²) in [4.78, 5) is 2.71. The predicted octanol–water partition coefficient (Wildman–Crippen LogP) is 1.54. The number of fused-ring (bicyclic) bond motifs is 1. The molecule has 3 aliphatic heterocycles. The van der Waals surface area contributed by atoms with Gasteiger partial charge in [-0.1, -0.05) is 20.3 Å². The third-order valence-corrected chi connectivity index (χ3v) is 6.77. The lowest BCUT2D eigenvalue weighted by Gasteiger charge is -2.47. The van der Waals surface area contributed by atoms with Crippen LogP contribution in [0.25, 0.3) is 0 Å². The van der Waals surface area contributed by atoms with Crippen LogP contribution >= 0.6 is 0 Å². The first-order valence-electron chi connectivity index (χ1n) is 9.96. The van der Waals surface area contributed by atoms with Gasteiger partial charge in [-0.05, 0) is 57.0 Å². The van der Waals surface area contributed by atoms with Crippen LogP contribution in [-0.4, -0.2) is 54.6 Å². The molecule has 0 aromatic carbocycles. The van der Waals surface area contributed by atoms with Gasteiger partial charge in [0.25, 0.3) is 0 Å². The van der Waals surface area contributed by atoms with Crippen LogP contribution in [0, 0.1) is 17.8 Å². The minimum Gasteiger partial charge on any atom is -0.289 e. The molecular weight excluding hydrogens is 286 g/mol. The van der Waals surface area contributed by atoms with Crippen molar-refractivity contribution in [2.75, 3.05) is 26.3 Å². The molecule has 3 N–H and O–H groups in total. The van der Waals surface area contributed by atoms with Crippen molar-refractivity contribution in [3.05, 3.63) is 0 Å². The molecule has 6 unspecified atom stereocenters. The number of rotatable bonds is 2. The van der Waals surface area contributed by atoms with Crippen molar-refractivity contribution in [2.24, 2.45) is 17.8 Å². The Labute approximate surface area is 141 Å². The normalized spacial score (nSPS) is 46.7. The van der Waals surface area contributed by atoms with E-state index in [-0.39, 0.29) is 0 Å². The summed E-state index contributed by atoms with van der Waals surface area (Å²) in [5, 5.41) is 10.1. The molecule has 0 spiro atoms. The third-order valence-electron chi connectivity index (χ3n) is 6.77. The van der Waals surface area contributed by atoms with Crippen LogP contribution in [0.5, 0.6) is 0 Å². The summed E-state index contributed by atoms with van der Waals surface area (Å²) >= 11 is 0. The summed E-state index contributed by atoms with van der Waals surface area (Å²) in [6, 6.07) is 0.703. The van der Waals surface area contributed by atoms with Gasteiger partial charge in [-0.15, -0.1) is 0 Å². The van der Waals surface area contributed by atoms with E-state index in [0.717, 1.165) is 25.0 Å². The van der Waals surface area contributed by atoms with E-state index < -0.39 is 0 Å². The van der Waals surface area contributed by atoms with Crippen molar-refractivity contribution in [3.8, 4) is 0 Å². The zero-order valence-corrected chi connectivity index (χ0v) is 14.9. The quantitative estimate of drug-likeness (QED) is 0.720. The number of piperidine rings is 1. The highest BCUT2D eigenvalue weighted by atomic mass is 15.6. The molecule has 0 aromatic heterocycles. The van der Waals surface area contributed by atoms with Crippen molar-refractivity contribution >= 4 is 0 Å². The summed E-state index contributed by atoms with van der Waals surface area (Å²) in [6.07, 6.45) is 9.34. The van der Waals surface area contributed by atoms with Gasteiger partial charge in [0, 0.05) is 25.2 Å². The van der Waals surface area contributed by atoms with Crippen LogP contribution in [0.15, 0.2) is 0 Å². The number of hydrazine groups is 1. The second kappa shape index (κ2) is 6.96. The molecule has 4 aliphatic rings. The van der Waals surface area contributed by atoms with E-state index in [2.05, 4.69) is 39.8 Å². The summed E-state index contributed by atoms with van der Waals surface area (Å²) in [5.74, 6) is 2.37. The molecule has 5 nitrogen and oxygen atoms in total. The highest BCUT2D eigenvalue weighted by Gasteiger charge is 2.47. The zero-order valence-electron chi connectivity index (χ0n) is 14.9. The fraction of sp³-hybridized carbons (Fsp3) is 1.00. The highest BCUT2D eigenvalue weighted by molar-refractivity contribution is 4.98. The topological polar surface area (TPSA) is 42.6 Å². The molecule has 3 saturated heterocycles. The van der Waals surface area contributed by atoms with Crippen molar-refractivity contribution < 1.29 is 0 Å². The van der Waals surface area contributed by atoms with E-state index in [0.29, 0.717) is 24.3 Å². The summed E-state index contributed by atoms with van der Waals surface area (Å²) in [6.45, 7) is 9.49. The maximum atomic E-state index is 3.79. The lowest BCUT2D eigenvalue weighted by atomic mass is 9.79. The van der Waals surface area contributed by atoms with Crippen LogP contribution < -0.4 is 16.1 Å². The Morgan fingerprint density at radius 2 is 1.70 bits per heavy atom. The Morgan fingerprint density at radius 1 is 0.913 bits per heavy atom. The van der Waals surface area contributed by atoms with Gasteiger partial charge >= 0.3 is 0 Å². The Bertz CT molecular complexity index is 397. The third kappa shape index (κ3) is 3.19. The van der Waals surface area contributed by atoms with E-state index in [1.807, 2.05) is 0 Å². The minimum absolute atomic E-state index is 0.504. The molecule has 132 valence electrons. The second-order valence-corrected chi connectivity index (χ2v) is 8.47. The van der Waals surface area contributed by atoms with E-state index in [4.69, 9.17) is 0 Å². The average molecular weight is 322 g/mol. The van der Waals surface area contributed by atoms with Gasteiger partial charge in [0.15, 0.2) is 0 Å². The molecule has 0 bridgehead atoms. The van der Waals surface area contributed by atoms with Gasteiger partial charge in [-0.2, -0.15) is 0 Å². The number of hydrogen-bond donors (Lipinski definition) is 3. The minimum atomic E-state index is 0.504. The Hall–Kier alpha value is -0.200. The standard InChI is InChI=1S/C18H35N5/c1-13-6-7-16(14(2)10-13)23-18-15(11-21-23)17(19-12-20-18)22-8-4-3-5-9-22/h13-21H,3-12H2,1-2H3. The smallest absolute Gasteiger partial charge is 0.0815 e. The first-order valence-corrected chi connectivity index (χ1v) is 9.96. The van der Waals surface area contributed by atoms with Crippen LogP contribution in [0.4, 0.5) is 0 Å². The van der Waals surface area contributed by atoms with Crippen LogP contribution in [0.3, 0.4) is 0 Å². The predicted molar refractivity (Wildman–Crippen MR) is 93.4 cm³/mol. The molecular formula is C18H35N5. The monoisotopic (exact) mass is 321 g/mol. The van der Waals surface area contributed by atoms with Crippen LogP contribution in [0.1, 0.15) is 52.4 Å². The largest absolute Gasteiger partial charge is 0.289 e. The first kappa shape index (κ1) is 16.3. The van der Waals surface area contributed by atoms with Crippen LogP contribution in [-0.2, 0) is 0 Å². The molecule has 6 atom stereocenters. The number of likely N-dealkylation sites (tertiary alicyclic amines) is 1. The first-order chi connectivity index (χ1) is 11.2. The molecule has 1 aliphatic carbocycles. The number of nitrogens with zero attached hydrogens (tertiary/aromatic N) is 2. The average Bonchev–Trinajstić information content (AvgIpc) is 2.99. The fourth-order valence-electron chi connectivity index (χ4n) is 5.56. The lowest BCUT2D eigenvalue weighted by Crippen LogP contribution is -2.67. The van der Waals surface area contributed by atoms with E-state index in [9.17, 15) is 0 Å². The molecule has 3 heterocycles. The molecule has 0 aromatic rings. The second-order valence-electron chi connectivity index (χ2n) is 8.47. The van der Waals surface area contributed by atoms with Gasteiger partial charge in [0.2, 0.25) is 0 Å². The molecule has 23 heavy (non-hydrogen) atoms. The van der Waals surface area contributed by atoms with Gasteiger partial charge in [0.1, 0.15) is 0 Å². The maximum Gasteiger partial charge on any atom is 0.0815 e. The molecule has 4 fully saturated rings. The van der Waals surface area contributed by atoms with Crippen molar-refractivity contribution in [1.29, 1.82) is 0 Å². The Kier molecular flexibility index (Phi) is 4.93. The lowest BCUT2D eigenvalue weighted by molar-refractivity contribution is -0.0126. The molecule has 5 heteroatoms. The van der Waals surface area contributed by atoms with E-state index >= 15 is 0 Å². The van der Waals surface area contributed by atoms with Crippen molar-refractivity contribution in [1.82, 2.24) is 26.0 Å². The maximum absolute atomic E-state index is 3.79. The molecule has 4 rings (SSSR count). The van der Waals surface area contributed by atoms with E-state index in [1.165, 1.54) is 51.6 Å². The number of nitrogens with one attached hydrogen (secondary N) is 3. The Morgan fingerprint density at radius 3 is 2.48 bits per heavy atom. The molecule has 1 saturated carbocycles. The summed E-state index contributed by atoms with van der Waals surface area (Å²) < 4.78 is 0. The van der Waals surface area contributed by atoms with Gasteiger partial charge < -0.3 is 0 Å². The van der Waals surface area contributed by atoms with E-state index in [1.54, 1.807) is 0 Å². The van der Waals surface area contributed by atoms with Crippen molar-refractivity contribution in [3.63, 3.8) is 0 Å². The van der Waals surface area contributed by atoms with Crippen molar-refractivity contribution in [2.45, 2.75) is 70.7 Å². The summed E-state index contributed by atoms with van der Waals surface area (Å²) in [5.41, 5.74) is 3.79. The Balaban J connectivity index is 1.44. The van der Waals surface area contributed by atoms with Gasteiger partial charge in [-0.25, -0.2) is 5.01 Å². The molecule has 0 amide bonds. The highest BCUT2D eigenvalue weighted by Crippen LogP contribution is 2.35. The zero-order chi connectivity index (χ0) is 15.8. The van der Waals surface area contributed by atoms with Crippen LogP contribution in [0.2, 0.25) is 0 Å². The van der Waals surface area contributed by atoms with Gasteiger partial charge in [0.05, 0.1) is 12.3 Å². The number of hydrogen-bond acceptors (Lipinski definition) is 5. The van der Waals surface area contributed by atoms with Gasteiger partial charge in [-0.3, -0.25) is 21.0 Å².